The van der Waals surface area contributed by atoms with Gasteiger partial charge in [0.2, 0.25) is 21.8 Å². The zero-order chi connectivity index (χ0) is 23.6. The van der Waals surface area contributed by atoms with E-state index in [1.54, 1.807) is 36.1 Å². The quantitative estimate of drug-likeness (QED) is 0.705. The Morgan fingerprint density at radius 3 is 2.33 bits per heavy atom. The Morgan fingerprint density at radius 1 is 1.06 bits per heavy atom. The molecule has 1 aliphatic heterocycles. The molecule has 1 heterocycles. The number of hydrogen-bond donors (Lipinski definition) is 1. The third-order valence-electron chi connectivity index (χ3n) is 6.73. The number of carbonyl (C=O) groups is 2. The van der Waals surface area contributed by atoms with Crippen LogP contribution in [0.5, 0.6) is 0 Å². The summed E-state index contributed by atoms with van der Waals surface area (Å²) in [6, 6.07) is 16.0. The minimum Gasteiger partial charge on any atom is -0.350 e. The molecule has 1 aliphatic carbocycles. The molecule has 1 saturated carbocycles. The molecule has 7 nitrogen and oxygen atoms in total. The van der Waals surface area contributed by atoms with Crippen LogP contribution in [-0.4, -0.2) is 54.1 Å². The molecule has 1 unspecified atom stereocenters. The maximum absolute atomic E-state index is 13.5. The van der Waals surface area contributed by atoms with Crippen molar-refractivity contribution in [1.82, 2.24) is 14.5 Å². The van der Waals surface area contributed by atoms with Crippen molar-refractivity contribution in [3.63, 3.8) is 0 Å². The van der Waals surface area contributed by atoms with E-state index < -0.39 is 15.6 Å². The minimum absolute atomic E-state index is 0.0470. The SMILES string of the molecule is Cc1ccc(S(=O)(=O)N2CC(=O)N(C3CCCC3)C(C)(C(=O)NCc3ccccc3)C2)cc1. The average molecular weight is 470 g/mol. The van der Waals surface area contributed by atoms with E-state index in [0.717, 1.165) is 41.1 Å². The number of benzene rings is 2. The van der Waals surface area contributed by atoms with Crippen LogP contribution in [-0.2, 0) is 26.2 Å². The molecule has 4 rings (SSSR count). The number of nitrogens with one attached hydrogen (secondary N) is 1. The van der Waals surface area contributed by atoms with Crippen molar-refractivity contribution in [3.05, 3.63) is 65.7 Å². The fraction of sp³-hybridized carbons (Fsp3) is 0.440. The van der Waals surface area contributed by atoms with Gasteiger partial charge in [0.05, 0.1) is 11.4 Å². The average Bonchev–Trinajstić information content (AvgIpc) is 3.32. The Labute approximate surface area is 195 Å². The first-order valence-electron chi connectivity index (χ1n) is 11.4. The molecule has 0 aromatic heterocycles. The summed E-state index contributed by atoms with van der Waals surface area (Å²) in [5.74, 6) is -0.656. The molecular weight excluding hydrogens is 438 g/mol. The molecule has 0 spiro atoms. The third-order valence-corrected chi connectivity index (χ3v) is 8.54. The van der Waals surface area contributed by atoms with Crippen LogP contribution in [0.2, 0.25) is 0 Å². The minimum atomic E-state index is -3.92. The molecular formula is C25H31N3O4S. The first kappa shape index (κ1) is 23.4. The van der Waals surface area contributed by atoms with Crippen molar-refractivity contribution in [3.8, 4) is 0 Å². The lowest BCUT2D eigenvalue weighted by atomic mass is 9.92. The summed E-state index contributed by atoms with van der Waals surface area (Å²) < 4.78 is 27.9. The lowest BCUT2D eigenvalue weighted by Gasteiger charge is -2.49. The van der Waals surface area contributed by atoms with Crippen LogP contribution in [0, 0.1) is 6.92 Å². The molecule has 0 radical (unpaired) electrons. The van der Waals surface area contributed by atoms with Crippen LogP contribution < -0.4 is 5.32 Å². The summed E-state index contributed by atoms with van der Waals surface area (Å²) in [5.41, 5.74) is 0.589. The van der Waals surface area contributed by atoms with E-state index in [4.69, 9.17) is 0 Å². The van der Waals surface area contributed by atoms with Crippen molar-refractivity contribution in [1.29, 1.82) is 0 Å². The van der Waals surface area contributed by atoms with Gasteiger partial charge in [-0.25, -0.2) is 8.42 Å². The van der Waals surface area contributed by atoms with E-state index in [0.29, 0.717) is 6.54 Å². The predicted octanol–water partition coefficient (Wildman–Crippen LogP) is 2.85. The van der Waals surface area contributed by atoms with E-state index in [1.807, 2.05) is 37.3 Å². The first-order valence-corrected chi connectivity index (χ1v) is 12.9. The number of hydrogen-bond acceptors (Lipinski definition) is 4. The van der Waals surface area contributed by atoms with Gasteiger partial charge in [-0.2, -0.15) is 4.31 Å². The lowest BCUT2D eigenvalue weighted by molar-refractivity contribution is -0.156. The third kappa shape index (κ3) is 4.68. The van der Waals surface area contributed by atoms with Gasteiger partial charge in [0.25, 0.3) is 0 Å². The number of aryl methyl sites for hydroxylation is 1. The van der Waals surface area contributed by atoms with Gasteiger partial charge in [-0.1, -0.05) is 60.9 Å². The fourth-order valence-corrected chi connectivity index (χ4v) is 6.41. The highest BCUT2D eigenvalue weighted by molar-refractivity contribution is 7.89. The molecule has 1 saturated heterocycles. The molecule has 2 aromatic rings. The van der Waals surface area contributed by atoms with E-state index in [-0.39, 0.29) is 35.8 Å². The van der Waals surface area contributed by atoms with E-state index in [9.17, 15) is 18.0 Å². The summed E-state index contributed by atoms with van der Waals surface area (Å²) in [7, 11) is -3.92. The van der Waals surface area contributed by atoms with Gasteiger partial charge in [-0.3, -0.25) is 9.59 Å². The molecule has 0 bridgehead atoms. The van der Waals surface area contributed by atoms with Gasteiger partial charge in [0.15, 0.2) is 0 Å². The van der Waals surface area contributed by atoms with Crippen LogP contribution in [0.4, 0.5) is 0 Å². The second-order valence-corrected chi connectivity index (χ2v) is 11.2. The highest BCUT2D eigenvalue weighted by atomic mass is 32.2. The van der Waals surface area contributed by atoms with Gasteiger partial charge in [0, 0.05) is 19.1 Å². The van der Waals surface area contributed by atoms with Crippen molar-refractivity contribution in [2.24, 2.45) is 0 Å². The number of amides is 2. The van der Waals surface area contributed by atoms with Gasteiger partial charge >= 0.3 is 0 Å². The van der Waals surface area contributed by atoms with Crippen molar-refractivity contribution < 1.29 is 18.0 Å². The maximum atomic E-state index is 13.5. The van der Waals surface area contributed by atoms with Crippen molar-refractivity contribution in [2.45, 2.75) is 62.6 Å². The van der Waals surface area contributed by atoms with Crippen molar-refractivity contribution >= 4 is 21.8 Å². The number of nitrogens with zero attached hydrogens (tertiary/aromatic N) is 2. The molecule has 8 heteroatoms. The predicted molar refractivity (Wildman–Crippen MR) is 126 cm³/mol. The topological polar surface area (TPSA) is 86.8 Å². The van der Waals surface area contributed by atoms with Gasteiger partial charge < -0.3 is 10.2 Å². The number of rotatable bonds is 6. The Morgan fingerprint density at radius 2 is 1.70 bits per heavy atom. The van der Waals surface area contributed by atoms with Gasteiger partial charge in [-0.05, 0) is 44.4 Å². The lowest BCUT2D eigenvalue weighted by Crippen LogP contribution is -2.71. The van der Waals surface area contributed by atoms with E-state index in [2.05, 4.69) is 5.32 Å². The largest absolute Gasteiger partial charge is 0.350 e. The summed E-state index contributed by atoms with van der Waals surface area (Å²) in [6.07, 6.45) is 3.67. The number of piperazine rings is 1. The Kier molecular flexibility index (Phi) is 6.59. The molecule has 2 fully saturated rings. The molecule has 2 aromatic carbocycles. The first-order chi connectivity index (χ1) is 15.7. The highest BCUT2D eigenvalue weighted by Crippen LogP contribution is 2.34. The summed E-state index contributed by atoms with van der Waals surface area (Å²) in [6.45, 7) is 3.56. The Balaban J connectivity index is 1.64. The van der Waals surface area contributed by atoms with Crippen molar-refractivity contribution in [2.75, 3.05) is 13.1 Å². The van der Waals surface area contributed by atoms with E-state index >= 15 is 0 Å². The van der Waals surface area contributed by atoms with E-state index in [1.165, 1.54) is 0 Å². The van der Waals surface area contributed by atoms with Crippen LogP contribution in [0.25, 0.3) is 0 Å². The van der Waals surface area contributed by atoms with Crippen LogP contribution in [0.1, 0.15) is 43.7 Å². The number of carbonyl (C=O) groups excluding carboxylic acids is 2. The summed E-state index contributed by atoms with van der Waals surface area (Å²) in [5, 5.41) is 2.95. The summed E-state index contributed by atoms with van der Waals surface area (Å²) in [4.78, 5) is 28.7. The summed E-state index contributed by atoms with van der Waals surface area (Å²) >= 11 is 0. The normalized spacial score (nSPS) is 22.5. The molecule has 1 N–H and O–H groups in total. The monoisotopic (exact) mass is 469 g/mol. The Hall–Kier alpha value is -2.71. The Bertz CT molecular complexity index is 1110. The zero-order valence-corrected chi connectivity index (χ0v) is 20.0. The second kappa shape index (κ2) is 9.27. The van der Waals surface area contributed by atoms with Gasteiger partial charge in [-0.15, -0.1) is 0 Å². The smallest absolute Gasteiger partial charge is 0.247 e. The molecule has 2 amide bonds. The molecule has 1 atom stereocenters. The van der Waals surface area contributed by atoms with Crippen LogP contribution >= 0.6 is 0 Å². The van der Waals surface area contributed by atoms with Crippen LogP contribution in [0.15, 0.2) is 59.5 Å². The zero-order valence-electron chi connectivity index (χ0n) is 19.2. The fourth-order valence-electron chi connectivity index (χ4n) is 4.93. The second-order valence-electron chi connectivity index (χ2n) is 9.23. The number of sulfonamides is 1. The standard InChI is InChI=1S/C25H31N3O4S/c1-19-12-14-22(15-13-19)33(31,32)27-17-23(29)28(21-10-6-7-11-21)25(2,18-27)24(30)26-16-20-8-4-3-5-9-20/h3-5,8-9,12-15,21H,6-7,10-11,16-18H2,1-2H3,(H,26,30). The highest BCUT2D eigenvalue weighted by Gasteiger charge is 2.52. The maximum Gasteiger partial charge on any atom is 0.247 e. The van der Waals surface area contributed by atoms with Gasteiger partial charge in [0.1, 0.15) is 5.54 Å². The molecule has 2 aliphatic rings. The molecule has 176 valence electrons. The molecule has 33 heavy (non-hydrogen) atoms. The van der Waals surface area contributed by atoms with Crippen LogP contribution in [0.3, 0.4) is 0 Å².